The van der Waals surface area contributed by atoms with Crippen LogP contribution in [0.5, 0.6) is 0 Å². The van der Waals surface area contributed by atoms with E-state index in [2.05, 4.69) is 16.7 Å². The van der Waals surface area contributed by atoms with Crippen molar-refractivity contribution in [3.63, 3.8) is 0 Å². The molecule has 1 aromatic heterocycles. The number of benzene rings is 2. The highest BCUT2D eigenvalue weighted by Gasteiger charge is 2.22. The van der Waals surface area contributed by atoms with Gasteiger partial charge < -0.3 is 9.67 Å². The van der Waals surface area contributed by atoms with Crippen LogP contribution >= 0.6 is 0 Å². The van der Waals surface area contributed by atoms with Gasteiger partial charge in [0.1, 0.15) is 0 Å². The van der Waals surface area contributed by atoms with Crippen molar-refractivity contribution in [3.05, 3.63) is 87.2 Å². The maximum absolute atomic E-state index is 10.9. The van der Waals surface area contributed by atoms with Crippen LogP contribution in [0.4, 0.5) is 5.69 Å². The van der Waals surface area contributed by atoms with E-state index in [9.17, 15) is 15.2 Å². The largest absolute Gasteiger partial charge is 0.389 e. The van der Waals surface area contributed by atoms with Crippen LogP contribution < -0.4 is 0 Å². The molecule has 1 unspecified atom stereocenters. The van der Waals surface area contributed by atoms with Crippen LogP contribution in [0.2, 0.25) is 0 Å². The summed E-state index contributed by atoms with van der Waals surface area (Å²) in [6.45, 7) is 6.50. The molecule has 0 aliphatic carbocycles. The second-order valence-electron chi connectivity index (χ2n) is 6.51. The van der Waals surface area contributed by atoms with Crippen molar-refractivity contribution in [2.45, 2.75) is 33.4 Å². The summed E-state index contributed by atoms with van der Waals surface area (Å²) < 4.78 is 2.19. The summed E-state index contributed by atoms with van der Waals surface area (Å²) in [7, 11) is 0. The van der Waals surface area contributed by atoms with Crippen LogP contribution in [0.15, 0.2) is 54.6 Å². The molecule has 0 spiro atoms. The van der Waals surface area contributed by atoms with Crippen molar-refractivity contribution in [2.75, 3.05) is 0 Å². The third-order valence-corrected chi connectivity index (χ3v) is 4.80. The second-order valence-corrected chi connectivity index (χ2v) is 6.51. The predicted molar refractivity (Wildman–Crippen MR) is 102 cm³/mol. The molecular formula is C21H22N2O3. The lowest BCUT2D eigenvalue weighted by Crippen LogP contribution is -2.04. The van der Waals surface area contributed by atoms with E-state index in [1.165, 1.54) is 17.7 Å². The quantitative estimate of drug-likeness (QED) is 0.532. The number of nitro groups is 1. The number of aliphatic hydroxyl groups excluding tert-OH is 1. The smallest absolute Gasteiger partial charge is 0.269 e. The maximum Gasteiger partial charge on any atom is 0.269 e. The molecule has 0 aliphatic rings. The first-order valence-corrected chi connectivity index (χ1v) is 8.56. The summed E-state index contributed by atoms with van der Waals surface area (Å²) in [4.78, 5) is 10.5. The fourth-order valence-corrected chi connectivity index (χ4v) is 3.54. The average molecular weight is 350 g/mol. The van der Waals surface area contributed by atoms with Crippen LogP contribution in [0.3, 0.4) is 0 Å². The van der Waals surface area contributed by atoms with Gasteiger partial charge in [0, 0.05) is 41.2 Å². The van der Waals surface area contributed by atoms with Gasteiger partial charge in [0.25, 0.3) is 5.69 Å². The van der Waals surface area contributed by atoms with Crippen LogP contribution in [-0.2, 0) is 6.54 Å². The number of hydrogen-bond donors (Lipinski definition) is 1. The predicted octanol–water partition coefficient (Wildman–Crippen LogP) is 4.78. The molecule has 1 atom stereocenters. The van der Waals surface area contributed by atoms with Gasteiger partial charge in [-0.15, -0.1) is 0 Å². The molecule has 26 heavy (non-hydrogen) atoms. The lowest BCUT2D eigenvalue weighted by Gasteiger charge is -2.10. The summed E-state index contributed by atoms with van der Waals surface area (Å²) in [6.07, 6.45) is -0.629. The van der Waals surface area contributed by atoms with Crippen molar-refractivity contribution >= 4 is 5.69 Å². The first-order valence-electron chi connectivity index (χ1n) is 8.56. The number of hydrogen-bond acceptors (Lipinski definition) is 3. The van der Waals surface area contributed by atoms with Crippen LogP contribution in [0, 0.1) is 24.0 Å². The molecule has 1 N–H and O–H groups in total. The van der Waals surface area contributed by atoms with Gasteiger partial charge in [-0.05, 0) is 44.0 Å². The maximum atomic E-state index is 10.9. The van der Waals surface area contributed by atoms with Crippen LogP contribution in [0.25, 0.3) is 11.1 Å². The Hall–Kier alpha value is -2.92. The Labute approximate surface area is 152 Å². The molecule has 2 aromatic carbocycles. The molecule has 3 rings (SSSR count). The monoisotopic (exact) mass is 350 g/mol. The topological polar surface area (TPSA) is 68.3 Å². The molecule has 0 saturated heterocycles. The molecule has 3 aromatic rings. The molecule has 0 fully saturated rings. The van der Waals surface area contributed by atoms with Crippen molar-refractivity contribution in [2.24, 2.45) is 0 Å². The molecule has 0 radical (unpaired) electrons. The Kier molecular flexibility index (Phi) is 4.91. The third-order valence-electron chi connectivity index (χ3n) is 4.80. The Bertz CT molecular complexity index is 926. The van der Waals surface area contributed by atoms with E-state index in [0.29, 0.717) is 6.54 Å². The van der Waals surface area contributed by atoms with Crippen molar-refractivity contribution in [1.82, 2.24) is 4.57 Å². The van der Waals surface area contributed by atoms with Gasteiger partial charge in [-0.2, -0.15) is 0 Å². The van der Waals surface area contributed by atoms with E-state index in [0.717, 1.165) is 28.1 Å². The van der Waals surface area contributed by atoms with E-state index in [-0.39, 0.29) is 5.69 Å². The Morgan fingerprint density at radius 1 is 1.04 bits per heavy atom. The molecular weight excluding hydrogens is 328 g/mol. The fourth-order valence-electron chi connectivity index (χ4n) is 3.54. The standard InChI is InChI=1S/C21H22N2O3/c1-14-20(16(3)24)21(18-9-11-19(12-10-18)23(25)26)15(2)22(14)13-17-7-5-4-6-8-17/h4-12,16,24H,13H2,1-3H3. The zero-order valence-corrected chi connectivity index (χ0v) is 15.1. The third kappa shape index (κ3) is 3.26. The lowest BCUT2D eigenvalue weighted by molar-refractivity contribution is -0.384. The van der Waals surface area contributed by atoms with Gasteiger partial charge in [-0.3, -0.25) is 10.1 Å². The van der Waals surface area contributed by atoms with Crippen molar-refractivity contribution in [1.29, 1.82) is 0 Å². The molecule has 5 heteroatoms. The summed E-state index contributed by atoms with van der Waals surface area (Å²) in [5.74, 6) is 0. The Morgan fingerprint density at radius 2 is 1.65 bits per heavy atom. The second kappa shape index (κ2) is 7.14. The zero-order valence-electron chi connectivity index (χ0n) is 15.1. The molecule has 1 heterocycles. The number of rotatable bonds is 5. The lowest BCUT2D eigenvalue weighted by atomic mass is 9.97. The van der Waals surface area contributed by atoms with Crippen LogP contribution in [0.1, 0.15) is 35.5 Å². The SMILES string of the molecule is Cc1c(-c2ccc([N+](=O)[O-])cc2)c(C(C)O)c(C)n1Cc1ccccc1. The van der Waals surface area contributed by atoms with Gasteiger partial charge in [0.05, 0.1) is 11.0 Å². The average Bonchev–Trinajstić information content (AvgIpc) is 2.87. The van der Waals surface area contributed by atoms with E-state index >= 15 is 0 Å². The molecule has 0 aliphatic heterocycles. The number of aliphatic hydroxyl groups is 1. The van der Waals surface area contributed by atoms with Gasteiger partial charge in [-0.1, -0.05) is 30.3 Å². The summed E-state index contributed by atoms with van der Waals surface area (Å²) >= 11 is 0. The zero-order chi connectivity index (χ0) is 18.8. The molecule has 5 nitrogen and oxygen atoms in total. The minimum atomic E-state index is -0.629. The first kappa shape index (κ1) is 17.9. The number of non-ortho nitro benzene ring substituents is 1. The fraction of sp³-hybridized carbons (Fsp3) is 0.238. The number of nitro benzene ring substituents is 1. The minimum Gasteiger partial charge on any atom is -0.389 e. The highest BCUT2D eigenvalue weighted by Crippen LogP contribution is 2.37. The van der Waals surface area contributed by atoms with E-state index in [1.54, 1.807) is 19.1 Å². The number of nitrogens with zero attached hydrogens (tertiary/aromatic N) is 2. The highest BCUT2D eigenvalue weighted by atomic mass is 16.6. The summed E-state index contributed by atoms with van der Waals surface area (Å²) in [5.41, 5.74) is 5.98. The minimum absolute atomic E-state index is 0.0606. The van der Waals surface area contributed by atoms with Crippen LogP contribution in [-0.4, -0.2) is 14.6 Å². The molecule has 0 bridgehead atoms. The Balaban J connectivity index is 2.12. The molecule has 134 valence electrons. The first-order chi connectivity index (χ1) is 12.4. The summed E-state index contributed by atoms with van der Waals surface area (Å²) in [6, 6.07) is 16.7. The van der Waals surface area contributed by atoms with Crippen molar-refractivity contribution in [3.8, 4) is 11.1 Å². The van der Waals surface area contributed by atoms with Crippen molar-refractivity contribution < 1.29 is 10.0 Å². The van der Waals surface area contributed by atoms with E-state index < -0.39 is 11.0 Å². The van der Waals surface area contributed by atoms with Gasteiger partial charge in [-0.25, -0.2) is 0 Å². The van der Waals surface area contributed by atoms with Gasteiger partial charge in [0.15, 0.2) is 0 Å². The molecule has 0 amide bonds. The summed E-state index contributed by atoms with van der Waals surface area (Å²) in [5, 5.41) is 21.3. The number of aromatic nitrogens is 1. The highest BCUT2D eigenvalue weighted by molar-refractivity contribution is 5.73. The normalized spacial score (nSPS) is 12.2. The Morgan fingerprint density at radius 3 is 2.19 bits per heavy atom. The van der Waals surface area contributed by atoms with Gasteiger partial charge in [0.2, 0.25) is 0 Å². The van der Waals surface area contributed by atoms with E-state index in [4.69, 9.17) is 0 Å². The molecule has 0 saturated carbocycles. The van der Waals surface area contributed by atoms with Gasteiger partial charge >= 0.3 is 0 Å². The van der Waals surface area contributed by atoms with E-state index in [1.807, 2.05) is 32.0 Å².